The van der Waals surface area contributed by atoms with Crippen molar-refractivity contribution in [1.82, 2.24) is 9.47 Å². The summed E-state index contributed by atoms with van der Waals surface area (Å²) in [5.74, 6) is -0.538. The van der Waals surface area contributed by atoms with Crippen LogP contribution in [0.5, 0.6) is 0 Å². The van der Waals surface area contributed by atoms with Gasteiger partial charge in [-0.2, -0.15) is 0 Å². The number of halogens is 1. The summed E-state index contributed by atoms with van der Waals surface area (Å²) in [6, 6.07) is 1.81. The van der Waals surface area contributed by atoms with E-state index in [0.29, 0.717) is 18.8 Å². The van der Waals surface area contributed by atoms with Gasteiger partial charge in [0.15, 0.2) is 6.10 Å². The third kappa shape index (κ3) is 3.65. The van der Waals surface area contributed by atoms with Crippen molar-refractivity contribution in [3.63, 3.8) is 0 Å². The van der Waals surface area contributed by atoms with E-state index in [2.05, 4.69) is 27.6 Å². The van der Waals surface area contributed by atoms with Crippen molar-refractivity contribution in [2.24, 2.45) is 0 Å². The van der Waals surface area contributed by atoms with Crippen LogP contribution in [-0.2, 0) is 20.8 Å². The molecule has 1 amide bonds. The zero-order chi connectivity index (χ0) is 15.4. The molecule has 2 heterocycles. The molecule has 0 aromatic carbocycles. The number of carbonyl (C=O) groups is 2. The SMILES string of the molecule is CCCn1cc(Br)cc1C(=O)N1CCOC(C(=O)OC)C1. The van der Waals surface area contributed by atoms with Crippen molar-refractivity contribution in [2.45, 2.75) is 26.0 Å². The molecule has 6 nitrogen and oxygen atoms in total. The summed E-state index contributed by atoms with van der Waals surface area (Å²) >= 11 is 3.40. The number of ether oxygens (including phenoxy) is 2. The van der Waals surface area contributed by atoms with Gasteiger partial charge in [0.2, 0.25) is 0 Å². The molecule has 1 saturated heterocycles. The summed E-state index contributed by atoms with van der Waals surface area (Å²) in [4.78, 5) is 25.8. The number of hydrogen-bond acceptors (Lipinski definition) is 4. The van der Waals surface area contributed by atoms with Crippen LogP contribution in [0.15, 0.2) is 16.7 Å². The second kappa shape index (κ2) is 7.09. The Hall–Kier alpha value is -1.34. The standard InChI is InChI=1S/C14H19BrN2O4/c1-3-4-16-8-10(15)7-11(16)13(18)17-5-6-21-12(9-17)14(19)20-2/h7-8,12H,3-6,9H2,1-2H3. The highest BCUT2D eigenvalue weighted by Gasteiger charge is 2.31. The van der Waals surface area contributed by atoms with Crippen LogP contribution in [0, 0.1) is 0 Å². The quantitative estimate of drug-likeness (QED) is 0.768. The number of carbonyl (C=O) groups excluding carboxylic acids is 2. The van der Waals surface area contributed by atoms with Gasteiger partial charge in [0.25, 0.3) is 5.91 Å². The van der Waals surface area contributed by atoms with Crippen LogP contribution in [0.2, 0.25) is 0 Å². The van der Waals surface area contributed by atoms with E-state index in [1.54, 1.807) is 11.0 Å². The molecule has 0 saturated carbocycles. The number of esters is 1. The molecule has 1 atom stereocenters. The Morgan fingerprint density at radius 1 is 1.52 bits per heavy atom. The smallest absolute Gasteiger partial charge is 0.336 e. The van der Waals surface area contributed by atoms with Crippen LogP contribution in [-0.4, -0.2) is 54.3 Å². The molecule has 116 valence electrons. The van der Waals surface area contributed by atoms with E-state index >= 15 is 0 Å². The molecule has 7 heteroatoms. The fourth-order valence-electron chi connectivity index (χ4n) is 2.35. The van der Waals surface area contributed by atoms with Gasteiger partial charge >= 0.3 is 5.97 Å². The van der Waals surface area contributed by atoms with Crippen molar-refractivity contribution in [3.8, 4) is 0 Å². The van der Waals surface area contributed by atoms with E-state index in [4.69, 9.17) is 4.74 Å². The Morgan fingerprint density at radius 3 is 2.95 bits per heavy atom. The average Bonchev–Trinajstić information content (AvgIpc) is 2.87. The molecule has 0 N–H and O–H groups in total. The molecule has 21 heavy (non-hydrogen) atoms. The lowest BCUT2D eigenvalue weighted by atomic mass is 10.2. The largest absolute Gasteiger partial charge is 0.467 e. The lowest BCUT2D eigenvalue weighted by Crippen LogP contribution is -2.49. The minimum atomic E-state index is -0.703. The minimum absolute atomic E-state index is 0.0913. The van der Waals surface area contributed by atoms with Gasteiger partial charge in [0.05, 0.1) is 20.3 Å². The van der Waals surface area contributed by atoms with Crippen molar-refractivity contribution >= 4 is 27.8 Å². The van der Waals surface area contributed by atoms with Crippen LogP contribution >= 0.6 is 15.9 Å². The zero-order valence-corrected chi connectivity index (χ0v) is 13.8. The molecule has 0 spiro atoms. The molecule has 1 aromatic rings. The van der Waals surface area contributed by atoms with E-state index in [9.17, 15) is 9.59 Å². The summed E-state index contributed by atoms with van der Waals surface area (Å²) in [5.41, 5.74) is 0.620. The van der Waals surface area contributed by atoms with E-state index < -0.39 is 12.1 Å². The van der Waals surface area contributed by atoms with Crippen molar-refractivity contribution in [1.29, 1.82) is 0 Å². The second-order valence-corrected chi connectivity index (χ2v) is 5.79. The maximum atomic E-state index is 12.6. The van der Waals surface area contributed by atoms with Gasteiger partial charge in [0, 0.05) is 23.8 Å². The maximum Gasteiger partial charge on any atom is 0.336 e. The highest BCUT2D eigenvalue weighted by molar-refractivity contribution is 9.10. The summed E-state index contributed by atoms with van der Waals surface area (Å²) in [6.45, 7) is 3.87. The number of rotatable bonds is 4. The Bertz CT molecular complexity index is 529. The average molecular weight is 359 g/mol. The van der Waals surface area contributed by atoms with Gasteiger partial charge < -0.3 is 18.9 Å². The number of hydrogen-bond donors (Lipinski definition) is 0. The minimum Gasteiger partial charge on any atom is -0.467 e. The summed E-state index contributed by atoms with van der Waals surface area (Å²) in [7, 11) is 1.32. The van der Waals surface area contributed by atoms with Gasteiger partial charge in [0.1, 0.15) is 5.69 Å². The van der Waals surface area contributed by atoms with E-state index in [1.165, 1.54) is 7.11 Å². The normalized spacial score (nSPS) is 18.6. The summed E-state index contributed by atoms with van der Waals surface area (Å²) < 4.78 is 12.8. The number of nitrogens with zero attached hydrogens (tertiary/aromatic N) is 2. The topological polar surface area (TPSA) is 60.8 Å². The van der Waals surface area contributed by atoms with Crippen molar-refractivity contribution in [3.05, 3.63) is 22.4 Å². The molecule has 1 aromatic heterocycles. The molecule has 0 radical (unpaired) electrons. The molecule has 0 bridgehead atoms. The van der Waals surface area contributed by atoms with Crippen LogP contribution in [0.4, 0.5) is 0 Å². The van der Waals surface area contributed by atoms with Gasteiger partial charge in [-0.3, -0.25) is 4.79 Å². The lowest BCUT2D eigenvalue weighted by Gasteiger charge is -2.31. The molecule has 1 aliphatic heterocycles. The predicted molar refractivity (Wildman–Crippen MR) is 80.1 cm³/mol. The molecule has 1 unspecified atom stereocenters. The Kier molecular flexibility index (Phi) is 5.41. The fourth-order valence-corrected chi connectivity index (χ4v) is 2.81. The third-order valence-electron chi connectivity index (χ3n) is 3.36. The number of morpholine rings is 1. The molecule has 0 aliphatic carbocycles. The van der Waals surface area contributed by atoms with Crippen molar-refractivity contribution in [2.75, 3.05) is 26.8 Å². The van der Waals surface area contributed by atoms with Crippen LogP contribution in [0.1, 0.15) is 23.8 Å². The van der Waals surface area contributed by atoms with E-state index in [0.717, 1.165) is 17.4 Å². The highest BCUT2D eigenvalue weighted by Crippen LogP contribution is 2.19. The van der Waals surface area contributed by atoms with Crippen LogP contribution in [0.3, 0.4) is 0 Å². The molecular weight excluding hydrogens is 340 g/mol. The van der Waals surface area contributed by atoms with Crippen molar-refractivity contribution < 1.29 is 19.1 Å². The molecule has 1 aliphatic rings. The maximum absolute atomic E-state index is 12.6. The Balaban J connectivity index is 2.14. The highest BCUT2D eigenvalue weighted by atomic mass is 79.9. The first-order valence-corrected chi connectivity index (χ1v) is 7.70. The Labute approximate surface area is 132 Å². The second-order valence-electron chi connectivity index (χ2n) is 4.87. The van der Waals surface area contributed by atoms with Gasteiger partial charge in [-0.05, 0) is 28.4 Å². The number of aryl methyl sites for hydroxylation is 1. The van der Waals surface area contributed by atoms with Gasteiger partial charge in [-0.15, -0.1) is 0 Å². The van der Waals surface area contributed by atoms with Gasteiger partial charge in [-0.25, -0.2) is 4.79 Å². The number of methoxy groups -OCH3 is 1. The molecule has 1 fully saturated rings. The monoisotopic (exact) mass is 358 g/mol. The first kappa shape index (κ1) is 16.0. The number of aromatic nitrogens is 1. The fraction of sp³-hybridized carbons (Fsp3) is 0.571. The van der Waals surface area contributed by atoms with E-state index in [1.807, 2.05) is 10.8 Å². The summed E-state index contributed by atoms with van der Waals surface area (Å²) in [6.07, 6.45) is 2.13. The summed E-state index contributed by atoms with van der Waals surface area (Å²) in [5, 5.41) is 0. The molecule has 2 rings (SSSR count). The molecular formula is C14H19BrN2O4. The first-order chi connectivity index (χ1) is 10.1. The third-order valence-corrected chi connectivity index (χ3v) is 3.80. The van der Waals surface area contributed by atoms with E-state index in [-0.39, 0.29) is 12.5 Å². The predicted octanol–water partition coefficient (Wildman–Crippen LogP) is 1.67. The first-order valence-electron chi connectivity index (χ1n) is 6.91. The number of amides is 1. The Morgan fingerprint density at radius 2 is 2.29 bits per heavy atom. The van der Waals surface area contributed by atoms with Gasteiger partial charge in [-0.1, -0.05) is 6.92 Å². The van der Waals surface area contributed by atoms with Crippen LogP contribution < -0.4 is 0 Å². The van der Waals surface area contributed by atoms with Crippen LogP contribution in [0.25, 0.3) is 0 Å². The zero-order valence-electron chi connectivity index (χ0n) is 12.2. The lowest BCUT2D eigenvalue weighted by molar-refractivity contribution is -0.158.